The molecule has 0 saturated heterocycles. The quantitative estimate of drug-likeness (QED) is 0.694. The Labute approximate surface area is 157 Å². The van der Waals surface area contributed by atoms with Crippen molar-refractivity contribution in [2.45, 2.75) is 26.4 Å². The molecule has 140 valence electrons. The van der Waals surface area contributed by atoms with Crippen molar-refractivity contribution in [3.05, 3.63) is 65.9 Å². The van der Waals surface area contributed by atoms with Crippen molar-refractivity contribution in [2.75, 3.05) is 7.11 Å². The van der Waals surface area contributed by atoms with E-state index in [1.807, 2.05) is 19.1 Å². The van der Waals surface area contributed by atoms with Gasteiger partial charge < -0.3 is 10.1 Å². The molecule has 0 bridgehead atoms. The number of pyridine rings is 1. The highest BCUT2D eigenvalue weighted by molar-refractivity contribution is 5.93. The first-order valence-corrected chi connectivity index (χ1v) is 8.71. The first-order valence-electron chi connectivity index (χ1n) is 8.71. The fourth-order valence-corrected chi connectivity index (χ4v) is 2.72. The lowest BCUT2D eigenvalue weighted by Crippen LogP contribution is -2.25. The minimum absolute atomic E-state index is 0.264. The lowest BCUT2D eigenvalue weighted by atomic mass is 10.1. The minimum atomic E-state index is -0.446. The van der Waals surface area contributed by atoms with Crippen LogP contribution in [0.5, 0.6) is 5.75 Å². The van der Waals surface area contributed by atoms with Gasteiger partial charge in [0.25, 0.3) is 5.91 Å². The second kappa shape index (κ2) is 8.44. The lowest BCUT2D eigenvalue weighted by molar-refractivity contribution is 0.0940. The molecule has 1 N–H and O–H groups in total. The van der Waals surface area contributed by atoms with Crippen LogP contribution in [0.2, 0.25) is 0 Å². The van der Waals surface area contributed by atoms with E-state index >= 15 is 0 Å². The molecule has 0 spiro atoms. The van der Waals surface area contributed by atoms with Crippen molar-refractivity contribution in [2.24, 2.45) is 0 Å². The predicted octanol–water partition coefficient (Wildman–Crippen LogP) is 3.43. The molecule has 0 saturated carbocycles. The summed E-state index contributed by atoms with van der Waals surface area (Å²) >= 11 is 0. The zero-order chi connectivity index (χ0) is 19.2. The monoisotopic (exact) mass is 368 g/mol. The summed E-state index contributed by atoms with van der Waals surface area (Å²) in [5.74, 6) is -0.281. The van der Waals surface area contributed by atoms with E-state index in [-0.39, 0.29) is 5.91 Å². The maximum Gasteiger partial charge on any atom is 0.269 e. The van der Waals surface area contributed by atoms with E-state index < -0.39 is 5.82 Å². The second-order valence-electron chi connectivity index (χ2n) is 6.03. The van der Waals surface area contributed by atoms with Crippen LogP contribution in [0.3, 0.4) is 0 Å². The van der Waals surface area contributed by atoms with Crippen molar-refractivity contribution >= 4 is 5.91 Å². The Bertz CT molecular complexity index is 925. The number of rotatable bonds is 7. The number of ether oxygens (including phenoxy) is 1. The maximum atomic E-state index is 14.4. The van der Waals surface area contributed by atoms with Crippen molar-refractivity contribution in [1.29, 1.82) is 0 Å². The number of carbonyl (C=O) groups excluding carboxylic acids is 1. The Morgan fingerprint density at radius 1 is 1.30 bits per heavy atom. The Balaban J connectivity index is 1.85. The van der Waals surface area contributed by atoms with Crippen LogP contribution in [0.25, 0.3) is 11.3 Å². The van der Waals surface area contributed by atoms with Crippen LogP contribution in [0, 0.1) is 5.82 Å². The molecule has 2 aromatic heterocycles. The highest BCUT2D eigenvalue weighted by Crippen LogP contribution is 2.26. The molecule has 0 aliphatic heterocycles. The van der Waals surface area contributed by atoms with E-state index in [9.17, 15) is 9.18 Å². The van der Waals surface area contributed by atoms with E-state index in [2.05, 4.69) is 15.4 Å². The van der Waals surface area contributed by atoms with Gasteiger partial charge in [0, 0.05) is 37.1 Å². The van der Waals surface area contributed by atoms with Crippen molar-refractivity contribution in [3.8, 4) is 17.0 Å². The molecule has 3 aromatic rings. The summed E-state index contributed by atoms with van der Waals surface area (Å²) in [6.07, 6.45) is 4.17. The average molecular weight is 368 g/mol. The number of nitrogens with zero attached hydrogens (tertiary/aromatic N) is 3. The van der Waals surface area contributed by atoms with Gasteiger partial charge in [0.05, 0.1) is 12.8 Å². The van der Waals surface area contributed by atoms with Crippen molar-refractivity contribution in [1.82, 2.24) is 20.1 Å². The summed E-state index contributed by atoms with van der Waals surface area (Å²) in [7, 11) is 1.48. The van der Waals surface area contributed by atoms with Gasteiger partial charge in [-0.3, -0.25) is 14.5 Å². The second-order valence-corrected chi connectivity index (χ2v) is 6.03. The Morgan fingerprint density at radius 3 is 2.81 bits per heavy atom. The zero-order valence-corrected chi connectivity index (χ0v) is 15.3. The largest absolute Gasteiger partial charge is 0.497 e. The van der Waals surface area contributed by atoms with E-state index in [1.54, 1.807) is 35.3 Å². The molecule has 27 heavy (non-hydrogen) atoms. The van der Waals surface area contributed by atoms with Gasteiger partial charge in [0.2, 0.25) is 0 Å². The van der Waals surface area contributed by atoms with Crippen LogP contribution in [-0.4, -0.2) is 27.8 Å². The minimum Gasteiger partial charge on any atom is -0.497 e. The third kappa shape index (κ3) is 4.31. The molecule has 0 radical (unpaired) electrons. The van der Waals surface area contributed by atoms with Gasteiger partial charge in [-0.1, -0.05) is 13.0 Å². The van der Waals surface area contributed by atoms with Crippen LogP contribution in [0.15, 0.2) is 48.8 Å². The lowest BCUT2D eigenvalue weighted by Gasteiger charge is -2.07. The Hall–Kier alpha value is -3.22. The molecule has 0 aliphatic rings. The number of carbonyl (C=O) groups is 1. The Morgan fingerprint density at radius 2 is 2.15 bits per heavy atom. The van der Waals surface area contributed by atoms with Gasteiger partial charge in [0.15, 0.2) is 0 Å². The van der Waals surface area contributed by atoms with Gasteiger partial charge in [-0.05, 0) is 36.2 Å². The molecular weight excluding hydrogens is 347 g/mol. The summed E-state index contributed by atoms with van der Waals surface area (Å²) < 4.78 is 21.0. The zero-order valence-electron chi connectivity index (χ0n) is 15.3. The smallest absolute Gasteiger partial charge is 0.269 e. The number of aryl methyl sites for hydroxylation is 1. The average Bonchev–Trinajstić information content (AvgIpc) is 3.10. The summed E-state index contributed by atoms with van der Waals surface area (Å²) in [6, 6.07) is 9.88. The van der Waals surface area contributed by atoms with E-state index in [0.29, 0.717) is 35.8 Å². The molecule has 0 fully saturated rings. The molecule has 3 rings (SSSR count). The first-order chi connectivity index (χ1) is 13.1. The third-order valence-corrected chi connectivity index (χ3v) is 4.08. The number of amides is 1. The molecule has 7 heteroatoms. The fourth-order valence-electron chi connectivity index (χ4n) is 2.72. The van der Waals surface area contributed by atoms with Crippen LogP contribution in [0.4, 0.5) is 4.39 Å². The number of benzene rings is 1. The van der Waals surface area contributed by atoms with Crippen LogP contribution in [0.1, 0.15) is 29.4 Å². The summed E-state index contributed by atoms with van der Waals surface area (Å²) in [5, 5.41) is 7.28. The van der Waals surface area contributed by atoms with Crippen LogP contribution < -0.4 is 10.1 Å². The summed E-state index contributed by atoms with van der Waals surface area (Å²) in [4.78, 5) is 16.7. The molecule has 0 atom stereocenters. The SMILES string of the molecule is CCCn1nc(-c2ccc(OC)cc2F)cc1C(=O)NCc1cccnc1. The number of hydrogen-bond acceptors (Lipinski definition) is 4. The standard InChI is InChI=1S/C20H21FN4O2/c1-3-9-25-19(20(26)23-13-14-5-4-8-22-12-14)11-18(24-25)16-7-6-15(27-2)10-17(16)21/h4-8,10-12H,3,9,13H2,1-2H3,(H,23,26). The first kappa shape index (κ1) is 18.6. The number of methoxy groups -OCH3 is 1. The number of aromatic nitrogens is 3. The molecule has 1 aromatic carbocycles. The highest BCUT2D eigenvalue weighted by Gasteiger charge is 2.18. The van der Waals surface area contributed by atoms with Crippen molar-refractivity contribution in [3.63, 3.8) is 0 Å². The number of halogens is 1. The molecule has 0 aliphatic carbocycles. The van der Waals surface area contributed by atoms with Gasteiger partial charge in [-0.2, -0.15) is 5.10 Å². The molecule has 0 unspecified atom stereocenters. The summed E-state index contributed by atoms with van der Waals surface area (Å²) in [5.41, 5.74) is 2.03. The molecule has 6 nitrogen and oxygen atoms in total. The summed E-state index contributed by atoms with van der Waals surface area (Å²) in [6.45, 7) is 2.91. The van der Waals surface area contributed by atoms with Gasteiger partial charge in [-0.25, -0.2) is 4.39 Å². The van der Waals surface area contributed by atoms with Gasteiger partial charge >= 0.3 is 0 Å². The van der Waals surface area contributed by atoms with E-state index in [1.165, 1.54) is 13.2 Å². The molecular formula is C20H21FN4O2. The van der Waals surface area contributed by atoms with Crippen molar-refractivity contribution < 1.29 is 13.9 Å². The Kier molecular flexibility index (Phi) is 5.80. The van der Waals surface area contributed by atoms with E-state index in [0.717, 1.165) is 12.0 Å². The van der Waals surface area contributed by atoms with Gasteiger partial charge in [0.1, 0.15) is 17.3 Å². The number of nitrogens with one attached hydrogen (secondary N) is 1. The fraction of sp³-hybridized carbons (Fsp3) is 0.250. The molecule has 1 amide bonds. The molecule has 2 heterocycles. The van der Waals surface area contributed by atoms with Crippen LogP contribution >= 0.6 is 0 Å². The maximum absolute atomic E-state index is 14.4. The normalized spacial score (nSPS) is 10.6. The topological polar surface area (TPSA) is 69.0 Å². The third-order valence-electron chi connectivity index (χ3n) is 4.08. The van der Waals surface area contributed by atoms with Crippen LogP contribution in [-0.2, 0) is 13.1 Å². The number of hydrogen-bond donors (Lipinski definition) is 1. The van der Waals surface area contributed by atoms with Gasteiger partial charge in [-0.15, -0.1) is 0 Å². The predicted molar refractivity (Wildman–Crippen MR) is 99.9 cm³/mol. The van der Waals surface area contributed by atoms with E-state index in [4.69, 9.17) is 4.74 Å². The highest BCUT2D eigenvalue weighted by atomic mass is 19.1.